The number of rotatable bonds is 6. The number of aromatic nitrogens is 1. The first kappa shape index (κ1) is 17.6. The predicted octanol–water partition coefficient (Wildman–Crippen LogP) is 3.78. The van der Waals surface area contributed by atoms with E-state index in [1.54, 1.807) is 5.38 Å². The molecule has 0 unspecified atom stereocenters. The maximum atomic E-state index is 12.2. The molecule has 1 aromatic heterocycles. The third kappa shape index (κ3) is 5.39. The molecular formula is C19H23N3O2S. The number of nitrogens with one attached hydrogen (secondary N) is 2. The van der Waals surface area contributed by atoms with Crippen LogP contribution in [0.5, 0.6) is 0 Å². The largest absolute Gasteiger partial charge is 0.348 e. The molecule has 0 atom stereocenters. The van der Waals surface area contributed by atoms with Crippen LogP contribution in [0.15, 0.2) is 35.7 Å². The van der Waals surface area contributed by atoms with E-state index in [9.17, 15) is 9.59 Å². The molecule has 3 rings (SSSR count). The van der Waals surface area contributed by atoms with Crippen molar-refractivity contribution in [3.8, 4) is 0 Å². The van der Waals surface area contributed by atoms with Crippen LogP contribution in [0.4, 0.5) is 5.13 Å². The van der Waals surface area contributed by atoms with Crippen molar-refractivity contribution in [1.29, 1.82) is 0 Å². The van der Waals surface area contributed by atoms with Gasteiger partial charge in [-0.05, 0) is 24.8 Å². The number of carbonyl (C=O) groups excluding carboxylic acids is 2. The smallest absolute Gasteiger partial charge is 0.271 e. The molecule has 2 amide bonds. The van der Waals surface area contributed by atoms with Gasteiger partial charge in [0.05, 0.1) is 0 Å². The van der Waals surface area contributed by atoms with E-state index in [0.29, 0.717) is 23.7 Å². The fraction of sp³-hybridized carbons (Fsp3) is 0.421. The molecule has 1 aromatic carbocycles. The Labute approximate surface area is 151 Å². The maximum absolute atomic E-state index is 12.2. The van der Waals surface area contributed by atoms with Gasteiger partial charge < -0.3 is 10.6 Å². The summed E-state index contributed by atoms with van der Waals surface area (Å²) in [7, 11) is 0. The molecule has 5 nitrogen and oxygen atoms in total. The van der Waals surface area contributed by atoms with E-state index in [-0.39, 0.29) is 17.9 Å². The monoisotopic (exact) mass is 357 g/mol. The number of anilines is 1. The molecular weight excluding hydrogens is 334 g/mol. The van der Waals surface area contributed by atoms with Gasteiger partial charge in [-0.2, -0.15) is 0 Å². The lowest BCUT2D eigenvalue weighted by Crippen LogP contribution is -2.36. The minimum Gasteiger partial charge on any atom is -0.348 e. The second-order valence-corrected chi connectivity index (χ2v) is 7.24. The summed E-state index contributed by atoms with van der Waals surface area (Å²) in [5, 5.41) is 8.00. The van der Waals surface area contributed by atoms with Gasteiger partial charge in [0.1, 0.15) is 5.69 Å². The van der Waals surface area contributed by atoms with Crippen LogP contribution in [-0.2, 0) is 11.2 Å². The lowest BCUT2D eigenvalue weighted by atomic mass is 9.95. The predicted molar refractivity (Wildman–Crippen MR) is 99.8 cm³/mol. The van der Waals surface area contributed by atoms with Crippen LogP contribution in [-0.4, -0.2) is 22.8 Å². The van der Waals surface area contributed by atoms with E-state index >= 15 is 0 Å². The minimum atomic E-state index is -0.145. The van der Waals surface area contributed by atoms with Crippen LogP contribution in [0.2, 0.25) is 0 Å². The van der Waals surface area contributed by atoms with Gasteiger partial charge in [-0.25, -0.2) is 4.98 Å². The maximum Gasteiger partial charge on any atom is 0.271 e. The van der Waals surface area contributed by atoms with E-state index in [0.717, 1.165) is 18.4 Å². The van der Waals surface area contributed by atoms with Gasteiger partial charge in [-0.15, -0.1) is 11.3 Å². The lowest BCUT2D eigenvalue weighted by Gasteiger charge is -2.22. The van der Waals surface area contributed by atoms with Gasteiger partial charge in [0.25, 0.3) is 5.91 Å². The third-order valence-electron chi connectivity index (χ3n) is 4.41. The highest BCUT2D eigenvalue weighted by molar-refractivity contribution is 7.14. The highest BCUT2D eigenvalue weighted by Crippen LogP contribution is 2.19. The molecule has 0 aliphatic heterocycles. The summed E-state index contributed by atoms with van der Waals surface area (Å²) in [5.41, 5.74) is 1.51. The van der Waals surface area contributed by atoms with Crippen molar-refractivity contribution in [1.82, 2.24) is 10.3 Å². The van der Waals surface area contributed by atoms with Crippen LogP contribution < -0.4 is 10.6 Å². The van der Waals surface area contributed by atoms with E-state index in [4.69, 9.17) is 0 Å². The Morgan fingerprint density at radius 3 is 2.64 bits per heavy atom. The van der Waals surface area contributed by atoms with Crippen molar-refractivity contribution >= 4 is 28.3 Å². The molecule has 0 radical (unpaired) electrons. The number of hydrogen-bond donors (Lipinski definition) is 2. The van der Waals surface area contributed by atoms with E-state index in [1.165, 1.54) is 30.6 Å². The first-order chi connectivity index (χ1) is 12.2. The van der Waals surface area contributed by atoms with Gasteiger partial charge >= 0.3 is 0 Å². The van der Waals surface area contributed by atoms with Crippen molar-refractivity contribution in [2.75, 3.05) is 5.32 Å². The Hall–Kier alpha value is -2.21. The second-order valence-electron chi connectivity index (χ2n) is 6.38. The Balaban J connectivity index is 1.47. The summed E-state index contributed by atoms with van der Waals surface area (Å²) in [6, 6.07) is 10.1. The fourth-order valence-electron chi connectivity index (χ4n) is 3.03. The number of benzene rings is 1. The molecule has 25 heavy (non-hydrogen) atoms. The summed E-state index contributed by atoms with van der Waals surface area (Å²) >= 11 is 1.29. The lowest BCUT2D eigenvalue weighted by molar-refractivity contribution is -0.116. The van der Waals surface area contributed by atoms with Crippen molar-refractivity contribution in [3.05, 3.63) is 47.0 Å². The molecule has 1 saturated carbocycles. The highest BCUT2D eigenvalue weighted by Gasteiger charge is 2.18. The molecule has 1 aliphatic carbocycles. The fourth-order valence-corrected chi connectivity index (χ4v) is 3.73. The SMILES string of the molecule is O=C(CCc1ccccc1)Nc1nc(C(=O)NC2CCCCC2)cs1. The normalized spacial score (nSPS) is 14.9. The van der Waals surface area contributed by atoms with Crippen LogP contribution in [0.3, 0.4) is 0 Å². The Bertz CT molecular complexity index is 708. The van der Waals surface area contributed by atoms with Crippen molar-refractivity contribution < 1.29 is 9.59 Å². The minimum absolute atomic E-state index is 0.0857. The van der Waals surface area contributed by atoms with Crippen LogP contribution >= 0.6 is 11.3 Å². The third-order valence-corrected chi connectivity index (χ3v) is 5.16. The molecule has 2 N–H and O–H groups in total. The second kappa shape index (κ2) is 8.76. The first-order valence-corrected chi connectivity index (χ1v) is 9.69. The summed E-state index contributed by atoms with van der Waals surface area (Å²) in [6.07, 6.45) is 6.76. The highest BCUT2D eigenvalue weighted by atomic mass is 32.1. The summed E-state index contributed by atoms with van der Waals surface area (Å²) in [6.45, 7) is 0. The average Bonchev–Trinajstić information content (AvgIpc) is 3.10. The zero-order valence-electron chi connectivity index (χ0n) is 14.2. The van der Waals surface area contributed by atoms with Crippen LogP contribution in [0.1, 0.15) is 54.6 Å². The van der Waals surface area contributed by atoms with Gasteiger partial charge in [-0.3, -0.25) is 9.59 Å². The molecule has 1 heterocycles. The van der Waals surface area contributed by atoms with E-state index in [2.05, 4.69) is 15.6 Å². The quantitative estimate of drug-likeness (QED) is 0.826. The van der Waals surface area contributed by atoms with Gasteiger partial charge in [0, 0.05) is 17.8 Å². The molecule has 0 saturated heterocycles. The van der Waals surface area contributed by atoms with Gasteiger partial charge in [0.2, 0.25) is 5.91 Å². The molecule has 2 aromatic rings. The zero-order chi connectivity index (χ0) is 17.5. The summed E-state index contributed by atoms with van der Waals surface area (Å²) in [5.74, 6) is -0.231. The van der Waals surface area contributed by atoms with Crippen molar-refractivity contribution in [3.63, 3.8) is 0 Å². The van der Waals surface area contributed by atoms with Crippen LogP contribution in [0.25, 0.3) is 0 Å². The Morgan fingerprint density at radius 1 is 1.12 bits per heavy atom. The molecule has 6 heteroatoms. The number of hydrogen-bond acceptors (Lipinski definition) is 4. The molecule has 132 valence electrons. The molecule has 1 fully saturated rings. The Morgan fingerprint density at radius 2 is 1.88 bits per heavy atom. The summed E-state index contributed by atoms with van der Waals surface area (Å²) < 4.78 is 0. The number of carbonyl (C=O) groups is 2. The number of thiazole rings is 1. The summed E-state index contributed by atoms with van der Waals surface area (Å²) in [4.78, 5) is 28.5. The first-order valence-electron chi connectivity index (χ1n) is 8.81. The number of aryl methyl sites for hydroxylation is 1. The zero-order valence-corrected chi connectivity index (χ0v) is 15.0. The molecule has 1 aliphatic rings. The van der Waals surface area contributed by atoms with Gasteiger partial charge in [0.15, 0.2) is 5.13 Å². The van der Waals surface area contributed by atoms with Crippen molar-refractivity contribution in [2.45, 2.75) is 51.0 Å². The van der Waals surface area contributed by atoms with E-state index < -0.39 is 0 Å². The number of amides is 2. The molecule has 0 spiro atoms. The van der Waals surface area contributed by atoms with Gasteiger partial charge in [-0.1, -0.05) is 49.6 Å². The number of nitrogens with zero attached hydrogens (tertiary/aromatic N) is 1. The van der Waals surface area contributed by atoms with Crippen LogP contribution in [0, 0.1) is 0 Å². The topological polar surface area (TPSA) is 71.1 Å². The van der Waals surface area contributed by atoms with E-state index in [1.807, 2.05) is 30.3 Å². The standard InChI is InChI=1S/C19H23N3O2S/c23-17(12-11-14-7-3-1-4-8-14)22-19-21-16(13-25-19)18(24)20-15-9-5-2-6-10-15/h1,3-4,7-8,13,15H,2,5-6,9-12H2,(H,20,24)(H,21,22,23). The average molecular weight is 357 g/mol. The Kier molecular flexibility index (Phi) is 6.17. The van der Waals surface area contributed by atoms with Crippen molar-refractivity contribution in [2.24, 2.45) is 0 Å². The molecule has 0 bridgehead atoms.